The van der Waals surface area contributed by atoms with E-state index < -0.39 is 0 Å². The van der Waals surface area contributed by atoms with Gasteiger partial charge in [-0.25, -0.2) is 4.79 Å². The molecule has 0 atom stereocenters. The zero-order valence-electron chi connectivity index (χ0n) is 22.3. The summed E-state index contributed by atoms with van der Waals surface area (Å²) < 4.78 is 7.36. The summed E-state index contributed by atoms with van der Waals surface area (Å²) in [7, 11) is 0. The Hall–Kier alpha value is -2.65. The number of hydrogen-bond acceptors (Lipinski definition) is 7. The van der Waals surface area contributed by atoms with Crippen LogP contribution in [0, 0.1) is 0 Å². The number of carbonyl (C=O) groups excluding carboxylic acids is 2. The van der Waals surface area contributed by atoms with Gasteiger partial charge in [-0.2, -0.15) is 0 Å². The summed E-state index contributed by atoms with van der Waals surface area (Å²) >= 11 is 2.87. The lowest BCUT2D eigenvalue weighted by Gasteiger charge is -2.19. The van der Waals surface area contributed by atoms with Crippen molar-refractivity contribution in [3.8, 4) is 11.4 Å². The number of carbonyl (C=O) groups is 2. The molecule has 0 spiro atoms. The van der Waals surface area contributed by atoms with E-state index in [-0.39, 0.29) is 23.0 Å². The zero-order valence-corrected chi connectivity index (χ0v) is 24.0. The molecule has 0 saturated carbocycles. The highest BCUT2D eigenvalue weighted by Gasteiger charge is 2.27. The number of aryl methyl sites for hydroxylation is 1. The van der Waals surface area contributed by atoms with Gasteiger partial charge in [0.05, 0.1) is 17.9 Å². The van der Waals surface area contributed by atoms with Gasteiger partial charge in [0.15, 0.2) is 11.0 Å². The van der Waals surface area contributed by atoms with Crippen LogP contribution in [0.25, 0.3) is 11.4 Å². The average Bonchev–Trinajstić information content (AvgIpc) is 3.35. The van der Waals surface area contributed by atoms with Crippen LogP contribution >= 0.6 is 23.1 Å². The van der Waals surface area contributed by atoms with E-state index in [1.54, 1.807) is 6.92 Å². The molecule has 0 radical (unpaired) electrons. The summed E-state index contributed by atoms with van der Waals surface area (Å²) in [5, 5.41) is 13.1. The Kier molecular flexibility index (Phi) is 8.75. The fourth-order valence-electron chi connectivity index (χ4n) is 4.56. The van der Waals surface area contributed by atoms with E-state index in [2.05, 4.69) is 60.6 Å². The lowest BCUT2D eigenvalue weighted by Crippen LogP contribution is -2.17. The highest BCUT2D eigenvalue weighted by Crippen LogP contribution is 2.38. The number of hydrogen-bond donors (Lipinski definition) is 1. The Morgan fingerprint density at radius 3 is 2.49 bits per heavy atom. The molecule has 0 bridgehead atoms. The molecule has 1 aliphatic rings. The molecular weight excluding hydrogens is 504 g/mol. The van der Waals surface area contributed by atoms with E-state index in [4.69, 9.17) is 4.74 Å². The summed E-state index contributed by atoms with van der Waals surface area (Å²) in [4.78, 5) is 26.9. The van der Waals surface area contributed by atoms with Crippen molar-refractivity contribution in [2.45, 2.75) is 83.8 Å². The maximum atomic E-state index is 13.0. The van der Waals surface area contributed by atoms with Crippen molar-refractivity contribution in [2.75, 3.05) is 17.7 Å². The molecule has 9 heteroatoms. The van der Waals surface area contributed by atoms with E-state index in [1.165, 1.54) is 33.5 Å². The molecule has 2 heterocycles. The van der Waals surface area contributed by atoms with Gasteiger partial charge in [-0.15, -0.1) is 21.5 Å². The van der Waals surface area contributed by atoms with Crippen molar-refractivity contribution in [1.29, 1.82) is 0 Å². The smallest absolute Gasteiger partial charge is 0.341 e. The van der Waals surface area contributed by atoms with Gasteiger partial charge in [0.25, 0.3) is 0 Å². The average molecular weight is 541 g/mol. The predicted octanol–water partition coefficient (Wildman–Crippen LogP) is 6.50. The minimum atomic E-state index is -0.349. The van der Waals surface area contributed by atoms with E-state index in [0.717, 1.165) is 49.1 Å². The van der Waals surface area contributed by atoms with E-state index in [0.29, 0.717) is 28.9 Å². The maximum Gasteiger partial charge on any atom is 0.341 e. The second-order valence-electron chi connectivity index (χ2n) is 10.2. The van der Waals surface area contributed by atoms with Gasteiger partial charge in [0.1, 0.15) is 5.00 Å². The van der Waals surface area contributed by atoms with E-state index >= 15 is 0 Å². The number of ether oxygens (including phenoxy) is 1. The fourth-order valence-corrected chi connectivity index (χ4v) is 6.65. The third kappa shape index (κ3) is 6.26. The lowest BCUT2D eigenvalue weighted by atomic mass is 9.87. The molecule has 1 aliphatic carbocycles. The van der Waals surface area contributed by atoms with E-state index in [9.17, 15) is 9.59 Å². The number of nitrogens with one attached hydrogen (secondary N) is 1. The van der Waals surface area contributed by atoms with Crippen LogP contribution in [0.2, 0.25) is 0 Å². The summed E-state index contributed by atoms with van der Waals surface area (Å²) in [6.45, 7) is 11.4. The molecule has 1 aromatic carbocycles. The first-order valence-corrected chi connectivity index (χ1v) is 14.8. The predicted molar refractivity (Wildman–Crippen MR) is 151 cm³/mol. The second-order valence-corrected chi connectivity index (χ2v) is 12.3. The number of thioether (sulfide) groups is 1. The number of rotatable bonds is 8. The van der Waals surface area contributed by atoms with Gasteiger partial charge in [-0.05, 0) is 56.1 Å². The molecule has 3 aromatic rings. The van der Waals surface area contributed by atoms with Crippen molar-refractivity contribution < 1.29 is 14.3 Å². The van der Waals surface area contributed by atoms with Gasteiger partial charge in [-0.3, -0.25) is 4.79 Å². The van der Waals surface area contributed by atoms with Crippen LogP contribution in [0.15, 0.2) is 29.4 Å². The largest absolute Gasteiger partial charge is 0.462 e. The molecule has 1 amide bonds. The number of anilines is 1. The fraction of sp³-hybridized carbons (Fsp3) is 0.500. The molecule has 2 aromatic heterocycles. The van der Waals surface area contributed by atoms with Gasteiger partial charge < -0.3 is 14.6 Å². The number of amides is 1. The monoisotopic (exact) mass is 540 g/mol. The van der Waals surface area contributed by atoms with Gasteiger partial charge in [-0.1, -0.05) is 63.2 Å². The zero-order chi connectivity index (χ0) is 26.6. The molecule has 0 fully saturated rings. The summed E-state index contributed by atoms with van der Waals surface area (Å²) in [6.07, 6.45) is 5.10. The minimum Gasteiger partial charge on any atom is -0.462 e. The summed E-state index contributed by atoms with van der Waals surface area (Å²) in [6, 6.07) is 8.42. The highest BCUT2D eigenvalue weighted by molar-refractivity contribution is 7.99. The SMILES string of the molecule is CCOC(=O)c1c(NC(=O)CSc2nnc(-c3ccc(C(C)(C)C)cc3)n2CC)sc2c1CCCCC2. The topological polar surface area (TPSA) is 86.1 Å². The Morgan fingerprint density at radius 1 is 1.08 bits per heavy atom. The summed E-state index contributed by atoms with van der Waals surface area (Å²) in [5.74, 6) is 0.440. The summed E-state index contributed by atoms with van der Waals surface area (Å²) in [5.41, 5.74) is 3.94. The number of nitrogens with zero attached hydrogens (tertiary/aromatic N) is 3. The van der Waals surface area contributed by atoms with Gasteiger partial charge in [0, 0.05) is 17.0 Å². The molecule has 198 valence electrons. The number of esters is 1. The van der Waals surface area contributed by atoms with Crippen LogP contribution in [0.4, 0.5) is 5.00 Å². The van der Waals surface area contributed by atoms with Crippen LogP contribution < -0.4 is 5.32 Å². The van der Waals surface area contributed by atoms with Crippen molar-refractivity contribution >= 4 is 40.0 Å². The maximum absolute atomic E-state index is 13.0. The minimum absolute atomic E-state index is 0.0829. The highest BCUT2D eigenvalue weighted by atomic mass is 32.2. The Balaban J connectivity index is 1.48. The number of fused-ring (bicyclic) bond motifs is 1. The quantitative estimate of drug-likeness (QED) is 0.199. The van der Waals surface area contributed by atoms with Crippen molar-refractivity contribution in [3.63, 3.8) is 0 Å². The molecule has 37 heavy (non-hydrogen) atoms. The van der Waals surface area contributed by atoms with Crippen molar-refractivity contribution in [3.05, 3.63) is 45.8 Å². The van der Waals surface area contributed by atoms with Crippen LogP contribution in [0.1, 0.15) is 80.2 Å². The lowest BCUT2D eigenvalue weighted by molar-refractivity contribution is -0.113. The first-order chi connectivity index (χ1) is 17.7. The number of thiophene rings is 1. The Morgan fingerprint density at radius 2 is 1.81 bits per heavy atom. The molecule has 7 nitrogen and oxygen atoms in total. The molecule has 0 aliphatic heterocycles. The van der Waals surface area contributed by atoms with Crippen LogP contribution in [-0.2, 0) is 34.3 Å². The van der Waals surface area contributed by atoms with Gasteiger partial charge in [0.2, 0.25) is 5.91 Å². The number of benzene rings is 1. The Labute approximate surface area is 227 Å². The third-order valence-electron chi connectivity index (χ3n) is 6.53. The molecular formula is C28H36N4O3S2. The van der Waals surface area contributed by atoms with Crippen molar-refractivity contribution in [1.82, 2.24) is 14.8 Å². The number of aromatic nitrogens is 3. The molecule has 1 N–H and O–H groups in total. The third-order valence-corrected chi connectivity index (χ3v) is 8.70. The normalized spacial score (nSPS) is 13.6. The van der Waals surface area contributed by atoms with Crippen LogP contribution in [-0.4, -0.2) is 39.0 Å². The molecule has 0 unspecified atom stereocenters. The van der Waals surface area contributed by atoms with Gasteiger partial charge >= 0.3 is 5.97 Å². The second kappa shape index (κ2) is 11.8. The van der Waals surface area contributed by atoms with Crippen molar-refractivity contribution in [2.24, 2.45) is 0 Å². The first kappa shape index (κ1) is 27.4. The molecule has 4 rings (SSSR count). The van der Waals surface area contributed by atoms with Crippen LogP contribution in [0.5, 0.6) is 0 Å². The first-order valence-electron chi connectivity index (χ1n) is 13.0. The van der Waals surface area contributed by atoms with E-state index in [1.807, 2.05) is 11.5 Å². The Bertz CT molecular complexity index is 1260. The molecule has 0 saturated heterocycles. The standard InChI is InChI=1S/C28H36N4O3S2/c1-6-32-24(18-13-15-19(16-14-18)28(3,4)5)30-31-27(32)36-17-22(33)29-25-23(26(34)35-7-2)20-11-9-8-10-12-21(20)37-25/h13-16H,6-12,17H2,1-5H3,(H,29,33). The van der Waals surface area contributed by atoms with Crippen LogP contribution in [0.3, 0.4) is 0 Å².